The minimum absolute atomic E-state index is 0.137. The van der Waals surface area contributed by atoms with E-state index in [2.05, 4.69) is 15.4 Å². The molecule has 1 aliphatic rings. The molecule has 25 heavy (non-hydrogen) atoms. The van der Waals surface area contributed by atoms with Crippen LogP contribution in [0.3, 0.4) is 0 Å². The van der Waals surface area contributed by atoms with Crippen LogP contribution >= 0.6 is 0 Å². The van der Waals surface area contributed by atoms with E-state index in [1.165, 1.54) is 10.7 Å². The first-order valence-corrected chi connectivity index (χ1v) is 8.37. The van der Waals surface area contributed by atoms with Gasteiger partial charge in [-0.1, -0.05) is 6.07 Å². The van der Waals surface area contributed by atoms with Crippen LogP contribution in [-0.2, 0) is 11.3 Å². The molecule has 2 aromatic rings. The Hall–Kier alpha value is -2.54. The second kappa shape index (κ2) is 7.14. The molecule has 0 bridgehead atoms. The molecule has 1 amide bonds. The first-order chi connectivity index (χ1) is 11.9. The van der Waals surface area contributed by atoms with E-state index in [1.54, 1.807) is 13.1 Å². The van der Waals surface area contributed by atoms with Crippen molar-refractivity contribution < 1.29 is 9.90 Å². The summed E-state index contributed by atoms with van der Waals surface area (Å²) in [6, 6.07) is 6.74. The van der Waals surface area contributed by atoms with Gasteiger partial charge in [-0.05, 0) is 50.3 Å². The monoisotopic (exact) mass is 342 g/mol. The molecule has 0 radical (unpaired) electrons. The van der Waals surface area contributed by atoms with Crippen LogP contribution in [0.2, 0.25) is 0 Å². The zero-order valence-electron chi connectivity index (χ0n) is 14.3. The minimum atomic E-state index is -0.322. The van der Waals surface area contributed by atoms with Crippen LogP contribution < -0.4 is 10.9 Å². The van der Waals surface area contributed by atoms with Crippen LogP contribution in [0.5, 0.6) is 0 Å². The number of aryl methyl sites for hydroxylation is 2. The van der Waals surface area contributed by atoms with Gasteiger partial charge in [-0.3, -0.25) is 14.6 Å². The molecule has 1 aliphatic carbocycles. The molecule has 2 heterocycles. The van der Waals surface area contributed by atoms with Gasteiger partial charge in [0.1, 0.15) is 6.54 Å². The average molecular weight is 342 g/mol. The van der Waals surface area contributed by atoms with Gasteiger partial charge < -0.3 is 10.4 Å². The number of hydrogen-bond acceptors (Lipinski definition) is 5. The van der Waals surface area contributed by atoms with Crippen molar-refractivity contribution in [2.75, 3.05) is 0 Å². The summed E-state index contributed by atoms with van der Waals surface area (Å²) in [6.07, 6.45) is 2.61. The Morgan fingerprint density at radius 1 is 1.40 bits per heavy atom. The molecular formula is C18H22N4O3. The van der Waals surface area contributed by atoms with E-state index < -0.39 is 0 Å². The lowest BCUT2D eigenvalue weighted by atomic mass is 9.76. The molecule has 3 rings (SSSR count). The van der Waals surface area contributed by atoms with E-state index in [0.717, 1.165) is 17.0 Å². The molecule has 1 atom stereocenters. The highest BCUT2D eigenvalue weighted by Gasteiger charge is 2.36. The van der Waals surface area contributed by atoms with Crippen molar-refractivity contribution in [1.29, 1.82) is 0 Å². The Morgan fingerprint density at radius 3 is 2.80 bits per heavy atom. The first-order valence-electron chi connectivity index (χ1n) is 8.37. The second-order valence-electron chi connectivity index (χ2n) is 6.59. The highest BCUT2D eigenvalue weighted by Crippen LogP contribution is 2.37. The molecule has 1 saturated carbocycles. The molecule has 0 saturated heterocycles. The number of carbonyl (C=O) groups excluding carboxylic acids is 1. The summed E-state index contributed by atoms with van der Waals surface area (Å²) in [5, 5.41) is 16.7. The van der Waals surface area contributed by atoms with Gasteiger partial charge in [0.15, 0.2) is 0 Å². The Bertz CT molecular complexity index is 813. The lowest BCUT2D eigenvalue weighted by Crippen LogP contribution is -2.43. The van der Waals surface area contributed by atoms with Gasteiger partial charge in [-0.2, -0.15) is 5.10 Å². The SMILES string of the molecule is Cc1cc(=O)n(CC(=O)N[C@H](c2ccccn2)C2CC(O)C2)nc1C. The molecule has 2 aromatic heterocycles. The smallest absolute Gasteiger partial charge is 0.267 e. The summed E-state index contributed by atoms with van der Waals surface area (Å²) in [4.78, 5) is 28.8. The lowest BCUT2D eigenvalue weighted by molar-refractivity contribution is -0.124. The molecular weight excluding hydrogens is 320 g/mol. The third-order valence-electron chi connectivity index (χ3n) is 4.67. The number of amides is 1. The summed E-state index contributed by atoms with van der Waals surface area (Å²) in [6.45, 7) is 3.47. The number of aromatic nitrogens is 3. The van der Waals surface area contributed by atoms with E-state index in [-0.39, 0.29) is 36.1 Å². The third-order valence-corrected chi connectivity index (χ3v) is 4.67. The van der Waals surface area contributed by atoms with Gasteiger partial charge in [0.25, 0.3) is 5.56 Å². The Kier molecular flexibility index (Phi) is 4.94. The second-order valence-corrected chi connectivity index (χ2v) is 6.59. The molecule has 0 aromatic carbocycles. The van der Waals surface area contributed by atoms with Crippen LogP contribution in [0.15, 0.2) is 35.3 Å². The Morgan fingerprint density at radius 2 is 2.16 bits per heavy atom. The normalized spacial score (nSPS) is 20.6. The highest BCUT2D eigenvalue weighted by molar-refractivity contribution is 5.76. The number of nitrogens with zero attached hydrogens (tertiary/aromatic N) is 3. The molecule has 7 heteroatoms. The van der Waals surface area contributed by atoms with E-state index in [4.69, 9.17) is 0 Å². The molecule has 132 valence electrons. The number of nitrogens with one attached hydrogen (secondary N) is 1. The molecule has 7 nitrogen and oxygen atoms in total. The van der Waals surface area contributed by atoms with Gasteiger partial charge in [0, 0.05) is 12.3 Å². The number of carbonyl (C=O) groups is 1. The van der Waals surface area contributed by atoms with Gasteiger partial charge in [-0.15, -0.1) is 0 Å². The summed E-state index contributed by atoms with van der Waals surface area (Å²) < 4.78 is 1.17. The predicted molar refractivity (Wildman–Crippen MR) is 91.8 cm³/mol. The fraction of sp³-hybridized carbons (Fsp3) is 0.444. The maximum absolute atomic E-state index is 12.5. The van der Waals surface area contributed by atoms with Gasteiger partial charge in [0.05, 0.1) is 23.5 Å². The Labute approximate surface area is 145 Å². The first kappa shape index (κ1) is 17.3. The quantitative estimate of drug-likeness (QED) is 0.841. The number of pyridine rings is 1. The van der Waals surface area contributed by atoms with E-state index >= 15 is 0 Å². The van der Waals surface area contributed by atoms with E-state index in [1.807, 2.05) is 25.1 Å². The van der Waals surface area contributed by atoms with Crippen LogP contribution in [0, 0.1) is 19.8 Å². The van der Waals surface area contributed by atoms with Crippen molar-refractivity contribution >= 4 is 5.91 Å². The summed E-state index contributed by atoms with van der Waals surface area (Å²) in [7, 11) is 0. The molecule has 0 unspecified atom stereocenters. The zero-order valence-corrected chi connectivity index (χ0v) is 14.3. The lowest BCUT2D eigenvalue weighted by Gasteiger charge is -2.37. The number of rotatable bonds is 5. The van der Waals surface area contributed by atoms with Gasteiger partial charge in [0.2, 0.25) is 5.91 Å². The number of aliphatic hydroxyl groups excluding tert-OH is 1. The van der Waals surface area contributed by atoms with Crippen LogP contribution in [0.4, 0.5) is 0 Å². The predicted octanol–water partition coefficient (Wildman–Crippen LogP) is 0.884. The summed E-state index contributed by atoms with van der Waals surface area (Å²) in [5.74, 6) is -0.159. The van der Waals surface area contributed by atoms with E-state index in [9.17, 15) is 14.7 Å². The third kappa shape index (κ3) is 3.93. The summed E-state index contributed by atoms with van der Waals surface area (Å²) >= 11 is 0. The number of aliphatic hydroxyl groups is 1. The van der Waals surface area contributed by atoms with Crippen LogP contribution in [0.25, 0.3) is 0 Å². The standard InChI is InChI=1S/C18H22N4O3/c1-11-7-17(25)22(21-12(11)2)10-16(24)20-18(13-8-14(23)9-13)15-5-3-4-6-19-15/h3-7,13-14,18,23H,8-10H2,1-2H3,(H,20,24)/t13?,14?,18-/m0/s1. The van der Waals surface area contributed by atoms with Crippen molar-refractivity contribution in [2.24, 2.45) is 5.92 Å². The fourth-order valence-corrected chi connectivity index (χ4v) is 3.04. The molecule has 0 spiro atoms. The maximum atomic E-state index is 12.5. The molecule has 1 fully saturated rings. The van der Waals surface area contributed by atoms with Crippen LogP contribution in [-0.4, -0.2) is 31.9 Å². The van der Waals surface area contributed by atoms with Gasteiger partial charge >= 0.3 is 0 Å². The maximum Gasteiger partial charge on any atom is 0.267 e. The van der Waals surface area contributed by atoms with Crippen molar-refractivity contribution in [3.05, 3.63) is 57.8 Å². The minimum Gasteiger partial charge on any atom is -0.393 e. The van der Waals surface area contributed by atoms with Crippen molar-refractivity contribution in [2.45, 2.75) is 45.4 Å². The Balaban J connectivity index is 1.75. The number of hydrogen-bond donors (Lipinski definition) is 2. The summed E-state index contributed by atoms with van der Waals surface area (Å²) in [5.41, 5.74) is 1.98. The van der Waals surface area contributed by atoms with Crippen LogP contribution in [0.1, 0.15) is 35.8 Å². The van der Waals surface area contributed by atoms with Crippen molar-refractivity contribution in [1.82, 2.24) is 20.1 Å². The topological polar surface area (TPSA) is 97.1 Å². The average Bonchev–Trinajstić information content (AvgIpc) is 2.56. The molecule has 2 N–H and O–H groups in total. The largest absolute Gasteiger partial charge is 0.393 e. The van der Waals surface area contributed by atoms with Crippen molar-refractivity contribution in [3.63, 3.8) is 0 Å². The fourth-order valence-electron chi connectivity index (χ4n) is 3.04. The van der Waals surface area contributed by atoms with Crippen molar-refractivity contribution in [3.8, 4) is 0 Å². The zero-order chi connectivity index (χ0) is 18.0. The van der Waals surface area contributed by atoms with E-state index in [0.29, 0.717) is 12.8 Å². The van der Waals surface area contributed by atoms with Gasteiger partial charge in [-0.25, -0.2) is 4.68 Å². The molecule has 0 aliphatic heterocycles. The highest BCUT2D eigenvalue weighted by atomic mass is 16.3.